The third-order valence-electron chi connectivity index (χ3n) is 3.48. The molecule has 0 atom stereocenters. The van der Waals surface area contributed by atoms with Gasteiger partial charge in [-0.15, -0.1) is 11.8 Å². The molecule has 0 spiro atoms. The summed E-state index contributed by atoms with van der Waals surface area (Å²) < 4.78 is 48.2. The fourth-order valence-corrected chi connectivity index (χ4v) is 3.50. The number of halogens is 2. The highest BCUT2D eigenvalue weighted by Crippen LogP contribution is 2.20. The second-order valence-electron chi connectivity index (χ2n) is 5.46. The number of benzene rings is 2. The van der Waals surface area contributed by atoms with Gasteiger partial charge < -0.3 is 5.32 Å². The Morgan fingerprint density at radius 3 is 2.38 bits per heavy atom. The highest BCUT2D eigenvalue weighted by Gasteiger charge is 2.07. The Labute approximate surface area is 155 Å². The summed E-state index contributed by atoms with van der Waals surface area (Å²) in [5, 5.41) is 7.78. The van der Waals surface area contributed by atoms with Crippen molar-refractivity contribution in [3.05, 3.63) is 59.7 Å². The van der Waals surface area contributed by atoms with Gasteiger partial charge in [0.2, 0.25) is 15.9 Å². The maximum Gasteiger partial charge on any atom is 0.238 e. The van der Waals surface area contributed by atoms with Gasteiger partial charge in [0.25, 0.3) is 0 Å². The molecule has 0 fully saturated rings. The van der Waals surface area contributed by atoms with Gasteiger partial charge in [0.15, 0.2) is 11.6 Å². The first kappa shape index (κ1) is 20.3. The molecule has 9 heteroatoms. The summed E-state index contributed by atoms with van der Waals surface area (Å²) in [6.07, 6.45) is 0.793. The molecule has 0 heterocycles. The van der Waals surface area contributed by atoms with Crippen molar-refractivity contribution in [2.45, 2.75) is 22.6 Å². The van der Waals surface area contributed by atoms with Crippen LogP contribution in [0.5, 0.6) is 0 Å². The number of nitrogens with one attached hydrogen (secondary N) is 1. The number of thioether (sulfide) groups is 1. The Hall–Kier alpha value is -1.97. The van der Waals surface area contributed by atoms with Gasteiger partial charge in [-0.05, 0) is 42.3 Å². The predicted molar refractivity (Wildman–Crippen MR) is 96.2 cm³/mol. The van der Waals surface area contributed by atoms with E-state index >= 15 is 0 Å². The minimum atomic E-state index is -3.71. The summed E-state index contributed by atoms with van der Waals surface area (Å²) >= 11 is 1.27. The average molecular weight is 400 g/mol. The van der Waals surface area contributed by atoms with Crippen molar-refractivity contribution in [1.82, 2.24) is 5.32 Å². The van der Waals surface area contributed by atoms with E-state index in [0.717, 1.165) is 17.7 Å². The van der Waals surface area contributed by atoms with Crippen LogP contribution in [0, 0.1) is 11.6 Å². The van der Waals surface area contributed by atoms with Crippen LogP contribution in [0.3, 0.4) is 0 Å². The van der Waals surface area contributed by atoms with Gasteiger partial charge in [0.05, 0.1) is 4.90 Å². The van der Waals surface area contributed by atoms with Crippen molar-refractivity contribution in [2.75, 3.05) is 12.3 Å². The molecular formula is C17H18F2N2O3S2. The molecule has 26 heavy (non-hydrogen) atoms. The SMILES string of the molecule is NS(=O)(=O)c1ccc(CCNC(=O)CCSc2ccc(F)c(F)c2)cc1. The Morgan fingerprint density at radius 1 is 1.08 bits per heavy atom. The molecule has 1 amide bonds. The zero-order chi connectivity index (χ0) is 19.2. The first-order chi connectivity index (χ1) is 12.3. The first-order valence-corrected chi connectivity index (χ1v) is 10.3. The van der Waals surface area contributed by atoms with Gasteiger partial charge in [0.1, 0.15) is 0 Å². The van der Waals surface area contributed by atoms with Crippen LogP contribution in [0.2, 0.25) is 0 Å². The number of hydrogen-bond acceptors (Lipinski definition) is 4. The summed E-state index contributed by atoms with van der Waals surface area (Å²) in [5.41, 5.74) is 0.869. The molecule has 0 aromatic heterocycles. The maximum atomic E-state index is 13.1. The number of hydrogen-bond donors (Lipinski definition) is 2. The summed E-state index contributed by atoms with van der Waals surface area (Å²) in [6, 6.07) is 9.75. The van der Waals surface area contributed by atoms with Crippen molar-refractivity contribution >= 4 is 27.7 Å². The number of amides is 1. The molecule has 0 unspecified atom stereocenters. The van der Waals surface area contributed by atoms with Gasteiger partial charge in [-0.2, -0.15) is 0 Å². The lowest BCUT2D eigenvalue weighted by atomic mass is 10.1. The molecule has 140 valence electrons. The normalized spacial score (nSPS) is 11.3. The third-order valence-corrected chi connectivity index (χ3v) is 5.40. The summed E-state index contributed by atoms with van der Waals surface area (Å²) in [7, 11) is -3.71. The topological polar surface area (TPSA) is 89.3 Å². The van der Waals surface area contributed by atoms with E-state index in [1.165, 1.54) is 30.0 Å². The predicted octanol–water partition coefficient (Wildman–Crippen LogP) is 2.45. The lowest BCUT2D eigenvalue weighted by Crippen LogP contribution is -2.25. The molecule has 3 N–H and O–H groups in total. The zero-order valence-corrected chi connectivity index (χ0v) is 15.4. The lowest BCUT2D eigenvalue weighted by molar-refractivity contribution is -0.120. The molecule has 2 aromatic rings. The largest absolute Gasteiger partial charge is 0.356 e. The molecule has 0 aliphatic rings. The van der Waals surface area contributed by atoms with Crippen LogP contribution in [0.15, 0.2) is 52.3 Å². The highest BCUT2D eigenvalue weighted by atomic mass is 32.2. The summed E-state index contributed by atoms with van der Waals surface area (Å²) in [5.74, 6) is -1.52. The van der Waals surface area contributed by atoms with Crippen LogP contribution in [0.1, 0.15) is 12.0 Å². The molecule has 2 rings (SSSR count). The van der Waals surface area contributed by atoms with Crippen LogP contribution in [-0.2, 0) is 21.2 Å². The second kappa shape index (κ2) is 9.11. The number of carbonyl (C=O) groups excluding carboxylic acids is 1. The fourth-order valence-electron chi connectivity index (χ4n) is 2.11. The highest BCUT2D eigenvalue weighted by molar-refractivity contribution is 7.99. The number of sulfonamides is 1. The summed E-state index contributed by atoms with van der Waals surface area (Å²) in [4.78, 5) is 12.4. The van der Waals surface area contributed by atoms with Crippen molar-refractivity contribution in [3.63, 3.8) is 0 Å². The third kappa shape index (κ3) is 6.40. The number of carbonyl (C=O) groups is 1. The number of primary sulfonamides is 1. The molecule has 5 nitrogen and oxygen atoms in total. The van der Waals surface area contributed by atoms with Crippen molar-refractivity contribution in [1.29, 1.82) is 0 Å². The molecular weight excluding hydrogens is 382 g/mol. The first-order valence-electron chi connectivity index (χ1n) is 7.72. The van der Waals surface area contributed by atoms with Crippen molar-refractivity contribution in [3.8, 4) is 0 Å². The zero-order valence-electron chi connectivity index (χ0n) is 13.7. The minimum Gasteiger partial charge on any atom is -0.356 e. The second-order valence-corrected chi connectivity index (χ2v) is 8.19. The molecule has 0 aliphatic heterocycles. The Bertz CT molecular complexity index is 872. The van der Waals surface area contributed by atoms with E-state index in [9.17, 15) is 22.0 Å². The van der Waals surface area contributed by atoms with Crippen LogP contribution >= 0.6 is 11.8 Å². The molecule has 0 aliphatic carbocycles. The van der Waals surface area contributed by atoms with Gasteiger partial charge in [-0.25, -0.2) is 22.3 Å². The van der Waals surface area contributed by atoms with Gasteiger partial charge in [-0.3, -0.25) is 4.79 Å². The summed E-state index contributed by atoms with van der Waals surface area (Å²) in [6.45, 7) is 0.406. The number of rotatable bonds is 8. The Kier molecular flexibility index (Phi) is 7.13. The molecule has 0 bridgehead atoms. The monoisotopic (exact) mass is 400 g/mol. The van der Waals surface area contributed by atoms with Gasteiger partial charge in [0, 0.05) is 23.6 Å². The number of nitrogens with two attached hydrogens (primary N) is 1. The van der Waals surface area contributed by atoms with Crippen LogP contribution in [-0.4, -0.2) is 26.6 Å². The van der Waals surface area contributed by atoms with Crippen LogP contribution in [0.4, 0.5) is 8.78 Å². The molecule has 0 radical (unpaired) electrons. The fraction of sp³-hybridized carbons (Fsp3) is 0.235. The van der Waals surface area contributed by atoms with Crippen molar-refractivity contribution < 1.29 is 22.0 Å². The van der Waals surface area contributed by atoms with E-state index in [1.54, 1.807) is 12.1 Å². The quantitative estimate of drug-likeness (QED) is 0.666. The molecule has 0 saturated heterocycles. The van der Waals surface area contributed by atoms with E-state index in [1.807, 2.05) is 0 Å². The average Bonchev–Trinajstić information content (AvgIpc) is 2.58. The van der Waals surface area contributed by atoms with E-state index in [-0.39, 0.29) is 17.2 Å². The van der Waals surface area contributed by atoms with Gasteiger partial charge in [-0.1, -0.05) is 12.1 Å². The standard InChI is InChI=1S/C17H18F2N2O3S2/c18-15-6-3-13(11-16(15)19)25-10-8-17(22)21-9-7-12-1-4-14(5-2-12)26(20,23)24/h1-6,11H,7-10H2,(H,21,22)(H2,20,23,24). The molecule has 0 saturated carbocycles. The Morgan fingerprint density at radius 2 is 1.77 bits per heavy atom. The van der Waals surface area contributed by atoms with E-state index < -0.39 is 21.7 Å². The maximum absolute atomic E-state index is 13.1. The van der Waals surface area contributed by atoms with Crippen LogP contribution < -0.4 is 10.5 Å². The lowest BCUT2D eigenvalue weighted by Gasteiger charge is -2.06. The minimum absolute atomic E-state index is 0.0412. The van der Waals surface area contributed by atoms with Crippen LogP contribution in [0.25, 0.3) is 0 Å². The van der Waals surface area contributed by atoms with E-state index in [2.05, 4.69) is 5.32 Å². The molecule has 2 aromatic carbocycles. The van der Waals surface area contributed by atoms with Gasteiger partial charge >= 0.3 is 0 Å². The van der Waals surface area contributed by atoms with E-state index in [4.69, 9.17) is 5.14 Å². The smallest absolute Gasteiger partial charge is 0.238 e. The van der Waals surface area contributed by atoms with Crippen molar-refractivity contribution in [2.24, 2.45) is 5.14 Å². The Balaban J connectivity index is 1.69. The van der Waals surface area contributed by atoms with E-state index in [0.29, 0.717) is 23.6 Å².